The van der Waals surface area contributed by atoms with Crippen LogP contribution in [0.1, 0.15) is 39.2 Å². The van der Waals surface area contributed by atoms with E-state index in [-0.39, 0.29) is 12.0 Å². The van der Waals surface area contributed by atoms with Gasteiger partial charge in [0.2, 0.25) is 0 Å². The average molecular weight is 339 g/mol. The third-order valence-electron chi connectivity index (χ3n) is 4.52. The fourth-order valence-electron chi connectivity index (χ4n) is 3.40. The Labute approximate surface area is 151 Å². The molecule has 0 bridgehead atoms. The minimum atomic E-state index is 0.163. The molecule has 134 valence electrons. The van der Waals surface area contributed by atoms with Crippen molar-refractivity contribution < 1.29 is 9.90 Å². The van der Waals surface area contributed by atoms with Gasteiger partial charge in [0.15, 0.2) is 0 Å². The Morgan fingerprint density at radius 3 is 2.48 bits per heavy atom. The number of aliphatic hydroxyl groups excluding tert-OH is 1. The summed E-state index contributed by atoms with van der Waals surface area (Å²) in [6, 6.07) is 8.39. The molecule has 0 radical (unpaired) electrons. The van der Waals surface area contributed by atoms with Crippen molar-refractivity contribution >= 4 is 18.0 Å². The van der Waals surface area contributed by atoms with Crippen LogP contribution in [0.3, 0.4) is 0 Å². The molecule has 0 fully saturated rings. The molecule has 1 aromatic rings. The number of likely N-dealkylation sites (N-methyl/N-ethyl adjacent to an activating group) is 1. The van der Waals surface area contributed by atoms with E-state index in [1.54, 1.807) is 6.08 Å². The lowest BCUT2D eigenvalue weighted by atomic mass is 9.75. The zero-order chi connectivity index (χ0) is 18.3. The average Bonchev–Trinajstić information content (AvgIpc) is 2.57. The van der Waals surface area contributed by atoms with Crippen molar-refractivity contribution in [2.45, 2.75) is 33.6 Å². The van der Waals surface area contributed by atoms with E-state index in [1.165, 1.54) is 5.57 Å². The fraction of sp³-hybridized carbons (Fsp3) is 0.409. The number of anilines is 1. The summed E-state index contributed by atoms with van der Waals surface area (Å²) < 4.78 is 0. The number of allylic oxidation sites excluding steroid dienone is 5. The number of hydrogen-bond acceptors (Lipinski definition) is 3. The normalized spacial score (nSPS) is 18.4. The van der Waals surface area contributed by atoms with Crippen LogP contribution in [-0.4, -0.2) is 31.1 Å². The summed E-state index contributed by atoms with van der Waals surface area (Å²) in [6.45, 7) is 8.26. The van der Waals surface area contributed by atoms with E-state index < -0.39 is 0 Å². The largest absolute Gasteiger partial charge is 0.395 e. The van der Waals surface area contributed by atoms with E-state index in [2.05, 4.69) is 68.2 Å². The molecule has 3 nitrogen and oxygen atoms in total. The van der Waals surface area contributed by atoms with E-state index in [4.69, 9.17) is 5.11 Å². The summed E-state index contributed by atoms with van der Waals surface area (Å²) in [7, 11) is 0. The van der Waals surface area contributed by atoms with Crippen LogP contribution in [-0.2, 0) is 4.79 Å². The topological polar surface area (TPSA) is 40.5 Å². The van der Waals surface area contributed by atoms with Gasteiger partial charge in [0.25, 0.3) is 0 Å². The molecular formula is C22H29NO2. The highest BCUT2D eigenvalue weighted by Gasteiger charge is 2.24. The lowest BCUT2D eigenvalue weighted by Crippen LogP contribution is -2.25. The van der Waals surface area contributed by atoms with Gasteiger partial charge in [-0.05, 0) is 60.1 Å². The first kappa shape index (κ1) is 19.2. The minimum absolute atomic E-state index is 0.163. The lowest BCUT2D eigenvalue weighted by molar-refractivity contribution is -0.104. The van der Waals surface area contributed by atoms with Crippen LogP contribution in [0.2, 0.25) is 0 Å². The van der Waals surface area contributed by atoms with Gasteiger partial charge in [-0.1, -0.05) is 44.2 Å². The van der Waals surface area contributed by atoms with E-state index in [9.17, 15) is 4.79 Å². The number of rotatable bonds is 7. The molecule has 0 aliphatic heterocycles. The molecule has 1 aliphatic carbocycles. The van der Waals surface area contributed by atoms with Gasteiger partial charge in [-0.25, -0.2) is 0 Å². The predicted molar refractivity (Wildman–Crippen MR) is 106 cm³/mol. The first-order valence-electron chi connectivity index (χ1n) is 8.96. The molecule has 0 heterocycles. The molecule has 0 saturated carbocycles. The highest BCUT2D eigenvalue weighted by atomic mass is 16.3. The van der Waals surface area contributed by atoms with Crippen molar-refractivity contribution in [2.75, 3.05) is 24.6 Å². The summed E-state index contributed by atoms with van der Waals surface area (Å²) in [6.07, 6.45) is 10.9. The smallest absolute Gasteiger partial charge is 0.143 e. The van der Waals surface area contributed by atoms with Crippen molar-refractivity contribution in [2.24, 2.45) is 5.41 Å². The van der Waals surface area contributed by atoms with Crippen molar-refractivity contribution in [1.82, 2.24) is 0 Å². The maximum absolute atomic E-state index is 10.8. The van der Waals surface area contributed by atoms with Crippen molar-refractivity contribution in [3.05, 3.63) is 59.2 Å². The Balaban J connectivity index is 2.13. The SMILES string of the molecule is CCN(CCO)c1ccc(/C=C/C2=CC(=C/C=O)/CC(C)(C)C2)cc1. The number of carbonyl (C=O) groups is 1. The Hall–Kier alpha value is -2.13. The minimum Gasteiger partial charge on any atom is -0.395 e. The summed E-state index contributed by atoms with van der Waals surface area (Å²) in [5.74, 6) is 0. The van der Waals surface area contributed by atoms with E-state index in [0.717, 1.165) is 42.5 Å². The maximum atomic E-state index is 10.8. The van der Waals surface area contributed by atoms with Gasteiger partial charge in [-0.3, -0.25) is 4.79 Å². The molecule has 0 atom stereocenters. The second kappa shape index (κ2) is 8.82. The molecule has 0 amide bonds. The molecule has 3 heteroatoms. The number of aldehydes is 1. The fourth-order valence-corrected chi connectivity index (χ4v) is 3.40. The summed E-state index contributed by atoms with van der Waals surface area (Å²) in [5.41, 5.74) is 4.81. The van der Waals surface area contributed by atoms with Crippen LogP contribution in [0.15, 0.2) is 53.6 Å². The zero-order valence-electron chi connectivity index (χ0n) is 15.5. The first-order valence-corrected chi connectivity index (χ1v) is 8.96. The molecule has 0 saturated heterocycles. The number of aliphatic hydroxyl groups is 1. The second-order valence-electron chi connectivity index (χ2n) is 7.34. The number of nitrogens with zero attached hydrogens (tertiary/aromatic N) is 1. The summed E-state index contributed by atoms with van der Waals surface area (Å²) in [4.78, 5) is 12.9. The van der Waals surface area contributed by atoms with Crippen LogP contribution in [0.4, 0.5) is 5.69 Å². The third-order valence-corrected chi connectivity index (χ3v) is 4.52. The number of benzene rings is 1. The number of hydrogen-bond donors (Lipinski definition) is 1. The molecule has 1 aliphatic rings. The standard InChI is InChI=1S/C22H29NO2/c1-4-23(12-14-25)21-9-7-18(8-10-21)5-6-19-15-20(11-13-24)17-22(2,3)16-19/h5-11,13,15,25H,4,12,14,16-17H2,1-3H3/b6-5+,20-11-. The summed E-state index contributed by atoms with van der Waals surface area (Å²) in [5, 5.41) is 9.13. The zero-order valence-corrected chi connectivity index (χ0v) is 15.5. The molecular weight excluding hydrogens is 310 g/mol. The van der Waals surface area contributed by atoms with Crippen LogP contribution in [0, 0.1) is 5.41 Å². The first-order chi connectivity index (χ1) is 12.0. The van der Waals surface area contributed by atoms with Gasteiger partial charge in [0.05, 0.1) is 6.61 Å². The van der Waals surface area contributed by atoms with E-state index in [1.807, 2.05) is 0 Å². The number of carbonyl (C=O) groups excluding carboxylic acids is 1. The van der Waals surface area contributed by atoms with Gasteiger partial charge in [-0.15, -0.1) is 0 Å². The van der Waals surface area contributed by atoms with Crippen molar-refractivity contribution in [1.29, 1.82) is 0 Å². The van der Waals surface area contributed by atoms with Crippen molar-refractivity contribution in [3.63, 3.8) is 0 Å². The molecule has 2 rings (SSSR count). The highest BCUT2D eigenvalue weighted by Crippen LogP contribution is 2.38. The van der Waals surface area contributed by atoms with Crippen molar-refractivity contribution in [3.8, 4) is 0 Å². The van der Waals surface area contributed by atoms with Gasteiger partial charge >= 0.3 is 0 Å². The molecule has 25 heavy (non-hydrogen) atoms. The molecule has 0 unspecified atom stereocenters. The Kier molecular flexibility index (Phi) is 6.77. The Bertz CT molecular complexity index is 666. The second-order valence-corrected chi connectivity index (χ2v) is 7.34. The van der Waals surface area contributed by atoms with E-state index >= 15 is 0 Å². The highest BCUT2D eigenvalue weighted by molar-refractivity contribution is 5.68. The van der Waals surface area contributed by atoms with Gasteiger partial charge in [0, 0.05) is 18.8 Å². The van der Waals surface area contributed by atoms with Gasteiger partial charge in [0.1, 0.15) is 6.29 Å². The van der Waals surface area contributed by atoms with Crippen LogP contribution in [0.25, 0.3) is 6.08 Å². The van der Waals surface area contributed by atoms with Gasteiger partial charge in [-0.2, -0.15) is 0 Å². The lowest BCUT2D eigenvalue weighted by Gasteiger charge is -2.30. The molecule has 0 spiro atoms. The molecule has 1 N–H and O–H groups in total. The Morgan fingerprint density at radius 1 is 1.16 bits per heavy atom. The molecule has 1 aromatic carbocycles. The predicted octanol–water partition coefficient (Wildman–Crippen LogP) is 4.39. The van der Waals surface area contributed by atoms with Crippen LogP contribution < -0.4 is 4.90 Å². The van der Waals surface area contributed by atoms with Crippen LogP contribution in [0.5, 0.6) is 0 Å². The monoisotopic (exact) mass is 339 g/mol. The maximum Gasteiger partial charge on any atom is 0.143 e. The summed E-state index contributed by atoms with van der Waals surface area (Å²) >= 11 is 0. The molecule has 0 aromatic heterocycles. The van der Waals surface area contributed by atoms with Gasteiger partial charge < -0.3 is 10.0 Å². The van der Waals surface area contributed by atoms with Crippen LogP contribution >= 0.6 is 0 Å². The quantitative estimate of drug-likeness (QED) is 0.591. The third kappa shape index (κ3) is 5.71. The Morgan fingerprint density at radius 2 is 1.88 bits per heavy atom. The van der Waals surface area contributed by atoms with E-state index in [0.29, 0.717) is 6.54 Å².